The molecule has 6 fully saturated rings. The van der Waals surface area contributed by atoms with E-state index in [1.54, 1.807) is 68.6 Å². The van der Waals surface area contributed by atoms with Gasteiger partial charge in [0.2, 0.25) is 34.9 Å². The van der Waals surface area contributed by atoms with Gasteiger partial charge in [-0.3, -0.25) is 25.1 Å². The van der Waals surface area contributed by atoms with Gasteiger partial charge >= 0.3 is 18.4 Å². The molecule has 15 rings (SSSR count). The van der Waals surface area contributed by atoms with Gasteiger partial charge in [0.25, 0.3) is 0 Å². The van der Waals surface area contributed by atoms with E-state index in [1.807, 2.05) is 98.2 Å². The minimum atomic E-state index is -0.465. The number of rotatable bonds is 24. The third-order valence-corrected chi connectivity index (χ3v) is 16.8. The number of nitrogens with two attached hydrogens (primary N) is 1. The van der Waals surface area contributed by atoms with E-state index < -0.39 is 5.91 Å². The van der Waals surface area contributed by atoms with Crippen molar-refractivity contribution < 1.29 is 28.5 Å². The summed E-state index contributed by atoms with van der Waals surface area (Å²) >= 11 is 1.59. The van der Waals surface area contributed by atoms with E-state index >= 15 is 0 Å². The molecule has 30 nitrogen and oxygen atoms in total. The van der Waals surface area contributed by atoms with Gasteiger partial charge < -0.3 is 35.5 Å². The highest BCUT2D eigenvalue weighted by molar-refractivity contribution is 7.98. The Morgan fingerprint density at radius 1 is 0.768 bits per heavy atom. The van der Waals surface area contributed by atoms with Crippen LogP contribution >= 0.6 is 11.8 Å². The molecule has 0 spiro atoms. The van der Waals surface area contributed by atoms with Crippen molar-refractivity contribution in [2.24, 2.45) is 15.7 Å². The number of carbonyl (C=O) groups is 2. The number of aryl methyl sites for hydroxylation is 1. The second kappa shape index (κ2) is 30.7. The lowest BCUT2D eigenvalue weighted by Crippen LogP contribution is -2.36. The van der Waals surface area contributed by atoms with Crippen LogP contribution in [0.5, 0.6) is 11.5 Å². The van der Waals surface area contributed by atoms with Gasteiger partial charge in [0.15, 0.2) is 11.5 Å². The summed E-state index contributed by atoms with van der Waals surface area (Å²) in [5.74, 6) is 6.40. The number of amidine groups is 2. The van der Waals surface area contributed by atoms with Crippen molar-refractivity contribution >= 4 is 82.2 Å². The minimum Gasteiger partial charge on any atom is -0.493 e. The molecular weight excluding hydrogens is 1230 g/mol. The Morgan fingerprint density at radius 2 is 1.44 bits per heavy atom. The first-order chi connectivity index (χ1) is 46.3. The molecule has 7 heterocycles. The molecule has 0 radical (unpaired) electrons. The summed E-state index contributed by atoms with van der Waals surface area (Å²) in [6, 6.07) is 27.0. The molecule has 9 aromatic rings. The fraction of sp³-hybridized carbons (Fsp3) is 0.438. The predicted molar refractivity (Wildman–Crippen MR) is 358 cm³/mol. The number of aromatic nitrogens is 16. The van der Waals surface area contributed by atoms with E-state index in [0.717, 1.165) is 84.6 Å². The van der Waals surface area contributed by atoms with Crippen LogP contribution < -0.4 is 41.3 Å². The molecule has 1 saturated heterocycles. The van der Waals surface area contributed by atoms with Crippen molar-refractivity contribution in [3.05, 3.63) is 127 Å². The number of likely N-dealkylation sites (N-methyl/N-ethyl adjacent to an activating group) is 1. The highest BCUT2D eigenvalue weighted by atomic mass is 32.2. The fourth-order valence-corrected chi connectivity index (χ4v) is 11.0. The second-order valence-electron chi connectivity index (χ2n) is 24.3. The first-order valence-corrected chi connectivity index (χ1v) is 33.4. The molecule has 3 aromatic carbocycles. The molecule has 1 aliphatic heterocycles. The van der Waals surface area contributed by atoms with Crippen molar-refractivity contribution in [3.63, 3.8) is 0 Å². The number of amides is 1. The predicted octanol–water partition coefficient (Wildman–Crippen LogP) is 9.98. The topological polar surface area (TPSA) is 338 Å². The molecule has 6 aliphatic rings. The van der Waals surface area contributed by atoms with Crippen molar-refractivity contribution in [2.45, 2.75) is 145 Å². The van der Waals surface area contributed by atoms with Crippen molar-refractivity contribution in [3.8, 4) is 11.5 Å². The van der Waals surface area contributed by atoms with E-state index in [0.29, 0.717) is 96.0 Å². The van der Waals surface area contributed by atoms with Crippen LogP contribution in [-0.4, -0.2) is 155 Å². The Bertz CT molecular complexity index is 4050. The van der Waals surface area contributed by atoms with Crippen LogP contribution in [0.3, 0.4) is 0 Å². The minimum absolute atomic E-state index is 0.298. The maximum Gasteiger partial charge on any atom is 0.418 e. The first kappa shape index (κ1) is 64.9. The first-order valence-electron chi connectivity index (χ1n) is 32.4. The second-order valence-corrected chi connectivity index (χ2v) is 25.2. The third-order valence-electron chi connectivity index (χ3n) is 15.9. The number of nitrogens with one attached hydrogen (secondary N) is 6. The summed E-state index contributed by atoms with van der Waals surface area (Å²) in [4.78, 5) is 56.2. The van der Waals surface area contributed by atoms with Gasteiger partial charge in [-0.1, -0.05) is 55.1 Å². The molecule has 5 aliphatic carbocycles. The molecule has 5 saturated carbocycles. The number of benzene rings is 3. The number of ether oxygens (including phenoxy) is 3. The number of anilines is 6. The molecule has 0 unspecified atom stereocenters. The summed E-state index contributed by atoms with van der Waals surface area (Å²) in [6.07, 6.45) is 24.4. The highest BCUT2D eigenvalue weighted by Gasteiger charge is 2.32. The summed E-state index contributed by atoms with van der Waals surface area (Å²) in [6.45, 7) is 5.83. The van der Waals surface area contributed by atoms with E-state index in [-0.39, 0.29) is 6.09 Å². The number of hydrogen-bond donors (Lipinski definition) is 7. The van der Waals surface area contributed by atoms with Crippen molar-refractivity contribution in [1.82, 2.24) is 89.5 Å². The van der Waals surface area contributed by atoms with Crippen LogP contribution in [0.1, 0.15) is 143 Å². The van der Waals surface area contributed by atoms with Gasteiger partial charge in [0, 0.05) is 48.1 Å². The Kier molecular flexibility index (Phi) is 21.0. The molecule has 95 heavy (non-hydrogen) atoms. The van der Waals surface area contributed by atoms with Gasteiger partial charge in [0.1, 0.15) is 43.3 Å². The number of thioether (sulfide) groups is 1. The Balaban J connectivity index is 0.000000122. The van der Waals surface area contributed by atoms with E-state index in [4.69, 9.17) is 19.9 Å². The van der Waals surface area contributed by atoms with Crippen molar-refractivity contribution in [1.29, 1.82) is 0 Å². The number of hydrogen-bond acceptors (Lipinski definition) is 21. The standard InChI is InChI=1S/C18H22N8O.C17H22N4O2.C15H22N6O2.C14H15N7S/c1-2-8-25-16(22-18-20-11-26(24-18)14-6-7-14)10-15(23-25)21-13-5-3-4-12(9-13)17(19)27;1-22-15-9-6-12(10-16(15)23-14-4-2-3-5-14)19-17-18-11-21(20-17)13-7-8-13;1-11-8-12(9-20(11)15(22)23-7-6-19(2)3)17-14-16-10-21(18-14)13-4-5-13;1-2-4-10(5-3-1)8-22-14-17-13(18-19-14)16-12-15-9-21(20-12)11-6-7-11/h3-5,9,11,14H,2,6-8,10H2,1H3,(H3,19,21,23,27);6,9-11,13-14H,2-5,7-8H2,1H3,(H,19,20);8-10,13H,4-7H2,1-3H3,(H,17,18);1-5,9,11H,6-8H2,(H2,16,17,18,19,20)/p+1. The monoisotopic (exact) mass is 1310 g/mol. The van der Waals surface area contributed by atoms with E-state index in [1.165, 1.54) is 61.5 Å². The summed E-state index contributed by atoms with van der Waals surface area (Å²) in [5, 5.41) is 35.6. The van der Waals surface area contributed by atoms with Crippen LogP contribution in [-0.2, 0) is 10.5 Å². The van der Waals surface area contributed by atoms with Crippen LogP contribution in [0.25, 0.3) is 0 Å². The van der Waals surface area contributed by atoms with Crippen LogP contribution in [0, 0.1) is 6.92 Å². The van der Waals surface area contributed by atoms with Gasteiger partial charge in [-0.25, -0.2) is 43.9 Å². The zero-order valence-corrected chi connectivity index (χ0v) is 54.9. The fourth-order valence-electron chi connectivity index (χ4n) is 10.2. The average molecular weight is 1310 g/mol. The molecular formula is C64H82N25O5S+. The smallest absolute Gasteiger partial charge is 0.418 e. The SMILES string of the molecule is CCCN1NC(=Nc2cccc(C(N)=O)c2)CC1=Nc1nc[n+](C2CC2)[nH]1.COc1ccc(Nc2ncn(C3CC3)n2)cc1OC1CCCC1.Cc1cc(Nc2ncn(C3CC3)n2)cn1C(=O)OCCN(C)C.c1ccc(CSc2n[nH]c(Nc3ncn(C4CC4)n3)n2)cc1. The highest BCUT2D eigenvalue weighted by Crippen LogP contribution is 2.38. The number of methoxy groups -OCH3 is 1. The number of nitrogens with zero attached hydrogens (tertiary/aromatic N) is 18. The lowest BCUT2D eigenvalue weighted by molar-refractivity contribution is -0.754. The molecule has 1 amide bonds. The lowest BCUT2D eigenvalue weighted by Gasteiger charge is -2.16. The Hall–Kier alpha value is -10.2. The Labute approximate surface area is 553 Å². The molecule has 31 heteroatoms. The zero-order valence-electron chi connectivity index (χ0n) is 54.1. The van der Waals surface area contributed by atoms with Crippen LogP contribution in [0.4, 0.5) is 51.6 Å². The summed E-state index contributed by atoms with van der Waals surface area (Å²) < 4.78 is 26.0. The number of aliphatic imine (C=N–C) groups is 2. The quantitative estimate of drug-likeness (QED) is 0.0218. The van der Waals surface area contributed by atoms with Gasteiger partial charge in [0.05, 0.1) is 49.1 Å². The van der Waals surface area contributed by atoms with E-state index in [2.05, 4.69) is 106 Å². The number of hydrazine groups is 1. The lowest BCUT2D eigenvalue weighted by atomic mass is 10.2. The van der Waals surface area contributed by atoms with Gasteiger partial charge in [-0.05, 0) is 151 Å². The number of H-pyrrole nitrogens is 2. The third kappa shape index (κ3) is 18.8. The molecule has 498 valence electrons. The van der Waals surface area contributed by atoms with Gasteiger partial charge in [-0.2, -0.15) is 19.8 Å². The van der Waals surface area contributed by atoms with Crippen LogP contribution in [0.15, 0.2) is 126 Å². The maximum atomic E-state index is 12.1. The molecule has 0 bridgehead atoms. The average Bonchev–Trinajstić information content (AvgIpc) is 1.82. The number of carbonyl (C=O) groups excluding carboxylic acids is 2. The summed E-state index contributed by atoms with van der Waals surface area (Å²) in [5.41, 5.74) is 13.5. The van der Waals surface area contributed by atoms with Crippen molar-refractivity contribution in [2.75, 3.05) is 56.9 Å². The largest absolute Gasteiger partial charge is 0.493 e. The molecule has 0 atom stereocenters. The zero-order chi connectivity index (χ0) is 65.6. The van der Waals surface area contributed by atoms with E-state index in [9.17, 15) is 9.59 Å². The van der Waals surface area contributed by atoms with Gasteiger partial charge in [-0.15, -0.1) is 20.4 Å². The maximum absolute atomic E-state index is 12.1. The number of aromatic amines is 2. The normalized spacial score (nSPS) is 16.7. The summed E-state index contributed by atoms with van der Waals surface area (Å²) in [7, 11) is 5.54. The number of primary amides is 1. The Morgan fingerprint density at radius 3 is 2.07 bits per heavy atom. The molecule has 6 aromatic heterocycles. The van der Waals surface area contributed by atoms with Crippen LogP contribution in [0.2, 0.25) is 0 Å². The molecule has 8 N–H and O–H groups in total.